The summed E-state index contributed by atoms with van der Waals surface area (Å²) in [6, 6.07) is 9.05. The van der Waals surface area contributed by atoms with Crippen LogP contribution in [0.4, 0.5) is 0 Å². The van der Waals surface area contributed by atoms with Gasteiger partial charge in [-0.3, -0.25) is 0 Å². The molecule has 0 saturated carbocycles. The molecule has 2 rings (SSSR count). The second kappa shape index (κ2) is 6.34. The number of aromatic carboxylic acids is 1. The fraction of sp³-hybridized carbons (Fsp3) is 0.333. The highest BCUT2D eigenvalue weighted by molar-refractivity contribution is 5.94. The van der Waals surface area contributed by atoms with Gasteiger partial charge in [0.15, 0.2) is 5.69 Å². The van der Waals surface area contributed by atoms with Crippen molar-refractivity contribution in [2.45, 2.75) is 6.42 Å². The number of hydrogen-bond acceptors (Lipinski definition) is 4. The van der Waals surface area contributed by atoms with Crippen LogP contribution < -0.4 is 4.74 Å². The maximum atomic E-state index is 11.1. The molecule has 5 nitrogen and oxygen atoms in total. The number of carboxylic acid groups (broad SMARTS) is 1. The molecule has 1 aromatic heterocycles. The van der Waals surface area contributed by atoms with E-state index in [4.69, 9.17) is 9.84 Å². The average molecular weight is 274 g/mol. The Morgan fingerprint density at radius 3 is 2.80 bits per heavy atom. The van der Waals surface area contributed by atoms with Crippen LogP contribution in [0, 0.1) is 0 Å². The number of ether oxygens (including phenoxy) is 1. The predicted octanol–water partition coefficient (Wildman–Crippen LogP) is 2.26. The molecule has 0 amide bonds. The van der Waals surface area contributed by atoms with E-state index in [1.807, 2.05) is 38.4 Å². The average Bonchev–Trinajstić information content (AvgIpc) is 2.42. The highest BCUT2D eigenvalue weighted by atomic mass is 16.5. The molecule has 0 aliphatic rings. The maximum Gasteiger partial charge on any atom is 0.354 e. The number of hydrogen-bond donors (Lipinski definition) is 1. The first-order valence-corrected chi connectivity index (χ1v) is 6.48. The Balaban J connectivity index is 2.23. The third-order valence-corrected chi connectivity index (χ3v) is 2.91. The predicted molar refractivity (Wildman–Crippen MR) is 77.4 cm³/mol. The molecule has 2 aromatic rings. The van der Waals surface area contributed by atoms with E-state index >= 15 is 0 Å². The number of nitrogens with zero attached hydrogens (tertiary/aromatic N) is 2. The molecule has 0 spiro atoms. The fourth-order valence-corrected chi connectivity index (χ4v) is 1.94. The quantitative estimate of drug-likeness (QED) is 0.819. The molecule has 0 atom stereocenters. The van der Waals surface area contributed by atoms with E-state index in [1.165, 1.54) is 0 Å². The first kappa shape index (κ1) is 14.3. The topological polar surface area (TPSA) is 62.7 Å². The smallest absolute Gasteiger partial charge is 0.354 e. The van der Waals surface area contributed by atoms with Gasteiger partial charge in [-0.05, 0) is 38.0 Å². The molecular weight excluding hydrogens is 256 g/mol. The zero-order chi connectivity index (χ0) is 14.5. The van der Waals surface area contributed by atoms with E-state index in [1.54, 1.807) is 6.07 Å². The van der Waals surface area contributed by atoms with Crippen molar-refractivity contribution >= 4 is 16.7 Å². The molecule has 0 aliphatic heterocycles. The minimum atomic E-state index is -1.05. The van der Waals surface area contributed by atoms with E-state index in [0.29, 0.717) is 12.5 Å². The van der Waals surface area contributed by atoms with Gasteiger partial charge in [-0.25, -0.2) is 9.78 Å². The third-order valence-electron chi connectivity index (χ3n) is 2.91. The number of fused-ring (bicyclic) bond motifs is 1. The van der Waals surface area contributed by atoms with Crippen LogP contribution in [-0.4, -0.2) is 48.2 Å². The second-order valence-corrected chi connectivity index (χ2v) is 4.84. The van der Waals surface area contributed by atoms with Gasteiger partial charge in [0.25, 0.3) is 0 Å². The van der Waals surface area contributed by atoms with Crippen molar-refractivity contribution in [3.8, 4) is 5.88 Å². The Labute approximate surface area is 117 Å². The molecule has 106 valence electrons. The van der Waals surface area contributed by atoms with Crippen molar-refractivity contribution in [3.63, 3.8) is 0 Å². The standard InChI is InChI=1S/C15H18N2O3/c1-17(2)8-5-9-20-14-12-7-4-3-6-11(12)10-13(16-14)15(18)19/h3-4,6-7,10H,5,8-9H2,1-2H3,(H,18,19). The lowest BCUT2D eigenvalue weighted by atomic mass is 10.1. The highest BCUT2D eigenvalue weighted by Crippen LogP contribution is 2.24. The summed E-state index contributed by atoms with van der Waals surface area (Å²) in [4.78, 5) is 17.2. The van der Waals surface area contributed by atoms with Gasteiger partial charge in [0.2, 0.25) is 5.88 Å². The lowest BCUT2D eigenvalue weighted by Crippen LogP contribution is -2.16. The summed E-state index contributed by atoms with van der Waals surface area (Å²) in [5.41, 5.74) is 0.00584. The normalized spacial score (nSPS) is 10.9. The number of carboxylic acids is 1. The van der Waals surface area contributed by atoms with E-state index in [0.717, 1.165) is 23.7 Å². The van der Waals surface area contributed by atoms with Crippen LogP contribution in [0.3, 0.4) is 0 Å². The molecule has 1 aromatic carbocycles. The third kappa shape index (κ3) is 3.45. The van der Waals surface area contributed by atoms with E-state index < -0.39 is 5.97 Å². The minimum Gasteiger partial charge on any atom is -0.477 e. The first-order chi connectivity index (χ1) is 9.58. The zero-order valence-corrected chi connectivity index (χ0v) is 11.7. The summed E-state index contributed by atoms with van der Waals surface area (Å²) in [6.45, 7) is 1.43. The minimum absolute atomic E-state index is 0.00584. The molecule has 1 N–H and O–H groups in total. The fourth-order valence-electron chi connectivity index (χ4n) is 1.94. The summed E-state index contributed by atoms with van der Waals surface area (Å²) in [7, 11) is 4.00. The van der Waals surface area contributed by atoms with Crippen LogP contribution >= 0.6 is 0 Å². The Morgan fingerprint density at radius 1 is 1.35 bits per heavy atom. The van der Waals surface area contributed by atoms with Crippen LogP contribution in [0.5, 0.6) is 5.88 Å². The molecule has 0 aliphatic carbocycles. The number of carbonyl (C=O) groups is 1. The summed E-state index contributed by atoms with van der Waals surface area (Å²) in [6.07, 6.45) is 0.861. The van der Waals surface area contributed by atoms with Crippen molar-refractivity contribution in [2.75, 3.05) is 27.2 Å². The molecule has 0 fully saturated rings. The number of pyridine rings is 1. The molecular formula is C15H18N2O3. The molecule has 0 radical (unpaired) electrons. The van der Waals surface area contributed by atoms with Crippen LogP contribution in [0.25, 0.3) is 10.8 Å². The van der Waals surface area contributed by atoms with Crippen molar-refractivity contribution in [3.05, 3.63) is 36.0 Å². The van der Waals surface area contributed by atoms with Gasteiger partial charge >= 0.3 is 5.97 Å². The lowest BCUT2D eigenvalue weighted by Gasteiger charge is -2.11. The summed E-state index contributed by atoms with van der Waals surface area (Å²) >= 11 is 0. The molecule has 5 heteroatoms. The SMILES string of the molecule is CN(C)CCCOc1nc(C(=O)O)cc2ccccc12. The van der Waals surface area contributed by atoms with Gasteiger partial charge in [0.1, 0.15) is 0 Å². The van der Waals surface area contributed by atoms with Crippen molar-refractivity contribution in [1.29, 1.82) is 0 Å². The van der Waals surface area contributed by atoms with Crippen molar-refractivity contribution in [2.24, 2.45) is 0 Å². The van der Waals surface area contributed by atoms with Gasteiger partial charge in [-0.2, -0.15) is 0 Å². The summed E-state index contributed by atoms with van der Waals surface area (Å²) < 4.78 is 5.66. The summed E-state index contributed by atoms with van der Waals surface area (Å²) in [5, 5.41) is 10.7. The number of benzene rings is 1. The van der Waals surface area contributed by atoms with Gasteiger partial charge in [-0.1, -0.05) is 18.2 Å². The Morgan fingerprint density at radius 2 is 2.10 bits per heavy atom. The van der Waals surface area contributed by atoms with Crippen molar-refractivity contribution < 1.29 is 14.6 Å². The number of aromatic nitrogens is 1. The maximum absolute atomic E-state index is 11.1. The molecule has 0 unspecified atom stereocenters. The first-order valence-electron chi connectivity index (χ1n) is 6.48. The van der Waals surface area contributed by atoms with Gasteiger partial charge in [-0.15, -0.1) is 0 Å². The second-order valence-electron chi connectivity index (χ2n) is 4.84. The molecule has 20 heavy (non-hydrogen) atoms. The van der Waals surface area contributed by atoms with Crippen LogP contribution in [0.15, 0.2) is 30.3 Å². The van der Waals surface area contributed by atoms with E-state index in [-0.39, 0.29) is 5.69 Å². The molecule has 1 heterocycles. The van der Waals surface area contributed by atoms with Gasteiger partial charge in [0.05, 0.1) is 6.61 Å². The monoisotopic (exact) mass is 274 g/mol. The molecule has 0 bridgehead atoms. The Hall–Kier alpha value is -2.14. The highest BCUT2D eigenvalue weighted by Gasteiger charge is 2.11. The van der Waals surface area contributed by atoms with Crippen LogP contribution in [-0.2, 0) is 0 Å². The zero-order valence-electron chi connectivity index (χ0n) is 11.7. The van der Waals surface area contributed by atoms with Crippen molar-refractivity contribution in [1.82, 2.24) is 9.88 Å². The number of rotatable bonds is 6. The Bertz CT molecular complexity index is 611. The lowest BCUT2D eigenvalue weighted by molar-refractivity contribution is 0.0689. The Kier molecular flexibility index (Phi) is 4.53. The van der Waals surface area contributed by atoms with E-state index in [9.17, 15) is 4.79 Å². The molecule has 0 saturated heterocycles. The largest absolute Gasteiger partial charge is 0.477 e. The van der Waals surface area contributed by atoms with Crippen LogP contribution in [0.1, 0.15) is 16.9 Å². The van der Waals surface area contributed by atoms with Gasteiger partial charge < -0.3 is 14.7 Å². The summed E-state index contributed by atoms with van der Waals surface area (Å²) in [5.74, 6) is -0.659. The van der Waals surface area contributed by atoms with Gasteiger partial charge in [0, 0.05) is 11.9 Å². The van der Waals surface area contributed by atoms with Crippen LogP contribution in [0.2, 0.25) is 0 Å². The van der Waals surface area contributed by atoms with E-state index in [2.05, 4.69) is 9.88 Å².